The van der Waals surface area contributed by atoms with Gasteiger partial charge in [0.05, 0.1) is 23.7 Å². The molecule has 0 bridgehead atoms. The molecule has 10 heteroatoms. The van der Waals surface area contributed by atoms with Crippen molar-refractivity contribution in [3.8, 4) is 0 Å². The predicted molar refractivity (Wildman–Crippen MR) is 115 cm³/mol. The Morgan fingerprint density at radius 3 is 2.63 bits per heavy atom. The van der Waals surface area contributed by atoms with Crippen LogP contribution in [0.25, 0.3) is 0 Å². The number of carbonyl (C=O) groups is 2. The number of sulfonamides is 1. The van der Waals surface area contributed by atoms with Crippen molar-refractivity contribution in [1.29, 1.82) is 0 Å². The van der Waals surface area contributed by atoms with E-state index < -0.39 is 10.0 Å². The first kappa shape index (κ1) is 21.6. The average molecular weight is 432 g/mol. The highest BCUT2D eigenvalue weighted by atomic mass is 32.2. The highest BCUT2D eigenvalue weighted by Crippen LogP contribution is 2.20. The van der Waals surface area contributed by atoms with Gasteiger partial charge in [0.2, 0.25) is 10.0 Å². The molecule has 1 saturated heterocycles. The van der Waals surface area contributed by atoms with Gasteiger partial charge in [-0.05, 0) is 37.5 Å². The number of anilines is 2. The molecule has 3 amide bonds. The van der Waals surface area contributed by atoms with Crippen LogP contribution in [0.4, 0.5) is 16.2 Å². The second-order valence-electron chi connectivity index (χ2n) is 7.19. The minimum absolute atomic E-state index is 0.153. The van der Waals surface area contributed by atoms with E-state index >= 15 is 0 Å². The average Bonchev–Trinajstić information content (AvgIpc) is 2.72. The molecule has 1 aliphatic heterocycles. The van der Waals surface area contributed by atoms with Crippen LogP contribution in [0.3, 0.4) is 0 Å². The summed E-state index contributed by atoms with van der Waals surface area (Å²) in [5.41, 5.74) is 1.22. The van der Waals surface area contributed by atoms with E-state index in [9.17, 15) is 18.0 Å². The predicted octanol–water partition coefficient (Wildman–Crippen LogP) is 2.27. The Balaban J connectivity index is 1.64. The van der Waals surface area contributed by atoms with Crippen molar-refractivity contribution in [3.05, 3.63) is 54.4 Å². The summed E-state index contributed by atoms with van der Waals surface area (Å²) in [6.45, 7) is 0.883. The molecule has 1 atom stereocenters. The van der Waals surface area contributed by atoms with Crippen molar-refractivity contribution < 1.29 is 18.0 Å². The number of hydrogen-bond donors (Lipinski definition) is 3. The van der Waals surface area contributed by atoms with Crippen molar-refractivity contribution in [2.24, 2.45) is 0 Å². The number of rotatable bonds is 6. The number of para-hydroxylation sites is 1. The van der Waals surface area contributed by atoms with Crippen LogP contribution in [-0.2, 0) is 10.0 Å². The van der Waals surface area contributed by atoms with E-state index in [0.29, 0.717) is 24.3 Å². The second kappa shape index (κ2) is 9.57. The monoisotopic (exact) mass is 431 g/mol. The zero-order chi connectivity index (χ0) is 21.6. The standard InChI is InChI=1S/C20H25N5O4S/c1-30(28,29)24-17-11-15(12-21-13-17)19(26)25-10-6-5-9-18(25)14-22-20(27)23-16-7-3-2-4-8-16/h2-4,7-8,11-13,18,24H,5-6,9-10,14H2,1H3,(H2,22,23,27)/t18-/m1/s1. The fraction of sp³-hybridized carbons (Fsp3) is 0.350. The SMILES string of the molecule is CS(=O)(=O)Nc1cncc(C(=O)N2CCCC[C@@H]2CNC(=O)Nc2ccccc2)c1. The molecule has 1 aromatic heterocycles. The van der Waals surface area contributed by atoms with Gasteiger partial charge in [-0.15, -0.1) is 0 Å². The Morgan fingerprint density at radius 2 is 1.90 bits per heavy atom. The van der Waals surface area contributed by atoms with Gasteiger partial charge in [0.1, 0.15) is 0 Å². The normalized spacial score (nSPS) is 16.6. The Labute approximate surface area is 175 Å². The number of nitrogens with one attached hydrogen (secondary N) is 3. The van der Waals surface area contributed by atoms with Gasteiger partial charge in [0.15, 0.2) is 0 Å². The van der Waals surface area contributed by atoms with E-state index in [0.717, 1.165) is 25.5 Å². The van der Waals surface area contributed by atoms with E-state index in [4.69, 9.17) is 0 Å². The highest BCUT2D eigenvalue weighted by molar-refractivity contribution is 7.92. The largest absolute Gasteiger partial charge is 0.336 e. The molecule has 2 heterocycles. The highest BCUT2D eigenvalue weighted by Gasteiger charge is 2.28. The molecule has 2 aromatic rings. The maximum atomic E-state index is 13.0. The molecule has 1 aliphatic rings. The van der Waals surface area contributed by atoms with Gasteiger partial charge in [0.25, 0.3) is 5.91 Å². The number of urea groups is 1. The molecule has 1 aromatic carbocycles. The third-order valence-corrected chi connectivity index (χ3v) is 5.31. The lowest BCUT2D eigenvalue weighted by Gasteiger charge is -2.36. The molecule has 1 fully saturated rings. The molecular weight excluding hydrogens is 406 g/mol. The van der Waals surface area contributed by atoms with Crippen molar-refractivity contribution >= 4 is 33.3 Å². The van der Waals surface area contributed by atoms with E-state index in [2.05, 4.69) is 20.3 Å². The molecule has 160 valence electrons. The van der Waals surface area contributed by atoms with Crippen molar-refractivity contribution in [3.63, 3.8) is 0 Å². The topological polar surface area (TPSA) is 120 Å². The zero-order valence-corrected chi connectivity index (χ0v) is 17.5. The first-order chi connectivity index (χ1) is 14.3. The molecule has 0 saturated carbocycles. The lowest BCUT2D eigenvalue weighted by atomic mass is 10.0. The summed E-state index contributed by atoms with van der Waals surface area (Å²) in [6, 6.07) is 10.1. The number of aromatic nitrogens is 1. The number of hydrogen-bond acceptors (Lipinski definition) is 5. The van der Waals surface area contributed by atoms with Crippen LogP contribution < -0.4 is 15.4 Å². The summed E-state index contributed by atoms with van der Waals surface area (Å²) < 4.78 is 25.2. The van der Waals surface area contributed by atoms with Crippen LogP contribution in [0, 0.1) is 0 Å². The molecule has 3 N–H and O–H groups in total. The molecule has 0 unspecified atom stereocenters. The van der Waals surface area contributed by atoms with E-state index in [1.807, 2.05) is 18.2 Å². The van der Waals surface area contributed by atoms with Crippen LogP contribution >= 0.6 is 0 Å². The maximum Gasteiger partial charge on any atom is 0.319 e. The van der Waals surface area contributed by atoms with Gasteiger partial charge in [-0.3, -0.25) is 14.5 Å². The molecule has 0 radical (unpaired) electrons. The van der Waals surface area contributed by atoms with Gasteiger partial charge in [-0.2, -0.15) is 0 Å². The maximum absolute atomic E-state index is 13.0. The number of nitrogens with zero attached hydrogens (tertiary/aromatic N) is 2. The van der Waals surface area contributed by atoms with Crippen LogP contribution in [0.2, 0.25) is 0 Å². The third kappa shape index (κ3) is 6.18. The fourth-order valence-corrected chi connectivity index (χ4v) is 3.92. The number of amides is 3. The number of benzene rings is 1. The minimum Gasteiger partial charge on any atom is -0.336 e. The van der Waals surface area contributed by atoms with E-state index in [1.165, 1.54) is 18.5 Å². The van der Waals surface area contributed by atoms with Crippen LogP contribution in [0.1, 0.15) is 29.6 Å². The number of likely N-dealkylation sites (tertiary alicyclic amines) is 1. The summed E-state index contributed by atoms with van der Waals surface area (Å²) in [6.07, 6.45) is 6.40. The Hall–Kier alpha value is -3.14. The smallest absolute Gasteiger partial charge is 0.319 e. The van der Waals surface area contributed by atoms with Crippen molar-refractivity contribution in [2.45, 2.75) is 25.3 Å². The van der Waals surface area contributed by atoms with Gasteiger partial charge >= 0.3 is 6.03 Å². The van der Waals surface area contributed by atoms with Gasteiger partial charge in [-0.25, -0.2) is 13.2 Å². The number of carbonyl (C=O) groups excluding carboxylic acids is 2. The summed E-state index contributed by atoms with van der Waals surface area (Å²) >= 11 is 0. The van der Waals surface area contributed by atoms with E-state index in [1.54, 1.807) is 17.0 Å². The summed E-state index contributed by atoms with van der Waals surface area (Å²) in [4.78, 5) is 30.9. The van der Waals surface area contributed by atoms with Gasteiger partial charge in [-0.1, -0.05) is 18.2 Å². The Bertz CT molecular complexity index is 997. The fourth-order valence-electron chi connectivity index (χ4n) is 3.38. The van der Waals surface area contributed by atoms with Gasteiger partial charge < -0.3 is 15.5 Å². The third-order valence-electron chi connectivity index (χ3n) is 4.71. The Kier molecular flexibility index (Phi) is 6.88. The molecular formula is C20H25N5O4S. The molecule has 0 aliphatic carbocycles. The minimum atomic E-state index is -3.47. The summed E-state index contributed by atoms with van der Waals surface area (Å²) in [5.74, 6) is -0.241. The molecule has 3 rings (SSSR count). The summed E-state index contributed by atoms with van der Waals surface area (Å²) in [7, 11) is -3.47. The zero-order valence-electron chi connectivity index (χ0n) is 16.7. The van der Waals surface area contributed by atoms with Gasteiger partial charge in [0, 0.05) is 31.0 Å². The quantitative estimate of drug-likeness (QED) is 0.648. The molecule has 9 nitrogen and oxygen atoms in total. The van der Waals surface area contributed by atoms with Crippen molar-refractivity contribution in [2.75, 3.05) is 29.4 Å². The Morgan fingerprint density at radius 1 is 1.13 bits per heavy atom. The van der Waals surface area contributed by atoms with Crippen LogP contribution in [0.5, 0.6) is 0 Å². The first-order valence-corrected chi connectivity index (χ1v) is 11.5. The molecule has 0 spiro atoms. The van der Waals surface area contributed by atoms with Crippen LogP contribution in [0.15, 0.2) is 48.8 Å². The lowest BCUT2D eigenvalue weighted by Crippen LogP contribution is -2.50. The second-order valence-corrected chi connectivity index (χ2v) is 8.93. The molecule has 30 heavy (non-hydrogen) atoms. The number of pyridine rings is 1. The first-order valence-electron chi connectivity index (χ1n) is 9.65. The number of piperidine rings is 1. The van der Waals surface area contributed by atoms with Crippen LogP contribution in [-0.4, -0.2) is 55.6 Å². The lowest BCUT2D eigenvalue weighted by molar-refractivity contribution is 0.0615. The van der Waals surface area contributed by atoms with Crippen molar-refractivity contribution in [1.82, 2.24) is 15.2 Å². The summed E-state index contributed by atoms with van der Waals surface area (Å²) in [5, 5.41) is 5.59. The van der Waals surface area contributed by atoms with E-state index in [-0.39, 0.29) is 23.7 Å².